The van der Waals surface area contributed by atoms with Gasteiger partial charge in [0.25, 0.3) is 5.91 Å². The number of ether oxygens (including phenoxy) is 1. The molecule has 2 heterocycles. The molecular weight excluding hydrogens is 385 g/mol. The maximum Gasteiger partial charge on any atom is 0.277 e. The Morgan fingerprint density at radius 2 is 1.86 bits per heavy atom. The zero-order chi connectivity index (χ0) is 21.6. The van der Waals surface area contributed by atoms with Gasteiger partial charge >= 0.3 is 0 Å². The number of aliphatic hydroxyl groups excluding tert-OH is 1. The molecule has 1 aromatic heterocycles. The van der Waals surface area contributed by atoms with Gasteiger partial charge in [-0.1, -0.05) is 12.1 Å². The number of aromatic hydroxyl groups is 1. The molecule has 0 bridgehead atoms. The van der Waals surface area contributed by atoms with Crippen LogP contribution in [0.25, 0.3) is 0 Å². The summed E-state index contributed by atoms with van der Waals surface area (Å²) in [6.07, 6.45) is 1.55. The summed E-state index contributed by atoms with van der Waals surface area (Å²) < 4.78 is 19.5. The molecular formula is C19H22FN3O6. The Morgan fingerprint density at radius 3 is 2.45 bits per heavy atom. The molecule has 1 amide bonds. The molecule has 0 radical (unpaired) electrons. The standard InChI is InChI=1S/C18H18FN3O5.CH4O/c1-27-7-6-20-11-21(8-12-2-4-14(19)5-3-12)22-9-13(10-23)16(24)17(25)15(22)18(20)26;1-2/h2-5,9-10,25H,6-8,11H2,1H3;2H,1H3. The topological polar surface area (TPSA) is 112 Å². The summed E-state index contributed by atoms with van der Waals surface area (Å²) in [5, 5.41) is 18.9. The Morgan fingerprint density at radius 1 is 1.21 bits per heavy atom. The Kier molecular flexibility index (Phi) is 7.46. The van der Waals surface area contributed by atoms with Gasteiger partial charge in [0.1, 0.15) is 12.5 Å². The Balaban J connectivity index is 0.00000145. The molecule has 1 aromatic carbocycles. The molecule has 0 aliphatic carbocycles. The van der Waals surface area contributed by atoms with Gasteiger partial charge in [-0.3, -0.25) is 24.1 Å². The molecule has 156 valence electrons. The van der Waals surface area contributed by atoms with Gasteiger partial charge in [-0.05, 0) is 17.7 Å². The monoisotopic (exact) mass is 407 g/mol. The normalized spacial score (nSPS) is 12.9. The molecule has 0 saturated heterocycles. The van der Waals surface area contributed by atoms with E-state index in [2.05, 4.69) is 0 Å². The number of pyridine rings is 1. The summed E-state index contributed by atoms with van der Waals surface area (Å²) in [4.78, 5) is 37.4. The number of fused-ring (bicyclic) bond motifs is 1. The average Bonchev–Trinajstić information content (AvgIpc) is 2.74. The van der Waals surface area contributed by atoms with Gasteiger partial charge in [0.2, 0.25) is 5.43 Å². The number of aliphatic hydroxyl groups is 1. The summed E-state index contributed by atoms with van der Waals surface area (Å²) in [6, 6.07) is 5.81. The Hall–Kier alpha value is -3.24. The second-order valence-electron chi connectivity index (χ2n) is 6.07. The highest BCUT2D eigenvalue weighted by atomic mass is 19.1. The number of hydrogen-bond donors (Lipinski definition) is 2. The molecule has 2 N–H and O–H groups in total. The lowest BCUT2D eigenvalue weighted by atomic mass is 10.2. The van der Waals surface area contributed by atoms with Crippen LogP contribution < -0.4 is 10.4 Å². The number of carbonyl (C=O) groups is 2. The van der Waals surface area contributed by atoms with E-state index in [0.717, 1.165) is 12.7 Å². The van der Waals surface area contributed by atoms with Crippen LogP contribution in [0.15, 0.2) is 35.3 Å². The first kappa shape index (κ1) is 22.1. The van der Waals surface area contributed by atoms with Crippen molar-refractivity contribution in [3.63, 3.8) is 0 Å². The van der Waals surface area contributed by atoms with Crippen molar-refractivity contribution in [2.45, 2.75) is 6.54 Å². The van der Waals surface area contributed by atoms with E-state index in [-0.39, 0.29) is 43.4 Å². The van der Waals surface area contributed by atoms with Crippen LogP contribution in [0.5, 0.6) is 5.75 Å². The summed E-state index contributed by atoms with van der Waals surface area (Å²) in [5.74, 6) is -1.70. The summed E-state index contributed by atoms with van der Waals surface area (Å²) in [5.41, 5.74) is -0.650. The molecule has 0 fully saturated rings. The zero-order valence-electron chi connectivity index (χ0n) is 16.0. The van der Waals surface area contributed by atoms with Crippen LogP contribution in [0.2, 0.25) is 0 Å². The first-order valence-electron chi connectivity index (χ1n) is 8.62. The second-order valence-corrected chi connectivity index (χ2v) is 6.07. The Bertz CT molecular complexity index is 929. The fourth-order valence-electron chi connectivity index (χ4n) is 2.89. The minimum atomic E-state index is -0.903. The average molecular weight is 407 g/mol. The van der Waals surface area contributed by atoms with Crippen molar-refractivity contribution < 1.29 is 28.9 Å². The van der Waals surface area contributed by atoms with E-state index < -0.39 is 17.1 Å². The van der Waals surface area contributed by atoms with E-state index in [0.29, 0.717) is 6.29 Å². The molecule has 0 atom stereocenters. The van der Waals surface area contributed by atoms with Crippen molar-refractivity contribution in [2.24, 2.45) is 0 Å². The van der Waals surface area contributed by atoms with Crippen molar-refractivity contribution in [1.29, 1.82) is 0 Å². The highest BCUT2D eigenvalue weighted by Gasteiger charge is 2.33. The van der Waals surface area contributed by atoms with E-state index in [1.54, 1.807) is 17.1 Å². The van der Waals surface area contributed by atoms with E-state index >= 15 is 0 Å². The number of halogens is 1. The second kappa shape index (κ2) is 9.80. The molecule has 1 aliphatic rings. The van der Waals surface area contributed by atoms with Crippen LogP contribution in [0, 0.1) is 5.82 Å². The maximum atomic E-state index is 13.2. The minimum absolute atomic E-state index is 0.132. The molecule has 29 heavy (non-hydrogen) atoms. The number of hydrogen-bond acceptors (Lipinski definition) is 7. The fourth-order valence-corrected chi connectivity index (χ4v) is 2.89. The van der Waals surface area contributed by atoms with Gasteiger partial charge in [-0.25, -0.2) is 4.39 Å². The van der Waals surface area contributed by atoms with Crippen molar-refractivity contribution in [3.05, 3.63) is 63.3 Å². The number of aromatic nitrogens is 1. The lowest BCUT2D eigenvalue weighted by Gasteiger charge is -2.39. The van der Waals surface area contributed by atoms with E-state index in [9.17, 15) is 23.9 Å². The van der Waals surface area contributed by atoms with Gasteiger partial charge in [-0.15, -0.1) is 0 Å². The van der Waals surface area contributed by atoms with Gasteiger partial charge < -0.3 is 19.8 Å². The third kappa shape index (κ3) is 4.61. The van der Waals surface area contributed by atoms with Crippen LogP contribution in [0.3, 0.4) is 0 Å². The van der Waals surface area contributed by atoms with Gasteiger partial charge in [0, 0.05) is 27.0 Å². The first-order chi connectivity index (χ1) is 14.0. The van der Waals surface area contributed by atoms with Gasteiger partial charge in [0.15, 0.2) is 17.7 Å². The quantitative estimate of drug-likeness (QED) is 0.663. The highest BCUT2D eigenvalue weighted by molar-refractivity contribution is 5.96. The molecule has 0 unspecified atom stereocenters. The predicted octanol–water partition coefficient (Wildman–Crippen LogP) is 0.312. The third-order valence-electron chi connectivity index (χ3n) is 4.29. The predicted molar refractivity (Wildman–Crippen MR) is 102 cm³/mol. The number of benzene rings is 1. The summed E-state index contributed by atoms with van der Waals surface area (Å²) >= 11 is 0. The number of methoxy groups -OCH3 is 1. The number of aldehydes is 1. The number of amides is 1. The van der Waals surface area contributed by atoms with E-state index in [1.165, 1.54) is 35.0 Å². The maximum absolute atomic E-state index is 13.2. The van der Waals surface area contributed by atoms with Crippen LogP contribution in [-0.2, 0) is 11.3 Å². The Labute approximate surface area is 166 Å². The smallest absolute Gasteiger partial charge is 0.277 e. The molecule has 10 heteroatoms. The zero-order valence-corrected chi connectivity index (χ0v) is 16.0. The number of carbonyl (C=O) groups excluding carboxylic acids is 2. The molecule has 9 nitrogen and oxygen atoms in total. The summed E-state index contributed by atoms with van der Waals surface area (Å²) in [6.45, 7) is 0.906. The highest BCUT2D eigenvalue weighted by Crippen LogP contribution is 2.22. The summed E-state index contributed by atoms with van der Waals surface area (Å²) in [7, 11) is 2.50. The van der Waals surface area contributed by atoms with Crippen molar-refractivity contribution >= 4 is 12.2 Å². The fraction of sp³-hybridized carbons (Fsp3) is 0.316. The first-order valence-corrected chi connectivity index (χ1v) is 8.62. The SMILES string of the molecule is CO.COCCN1CN(Cc2ccc(F)cc2)n2cc(C=O)c(=O)c(O)c2C1=O. The van der Waals surface area contributed by atoms with Gasteiger partial charge in [0.05, 0.1) is 18.7 Å². The lowest BCUT2D eigenvalue weighted by molar-refractivity contribution is 0.0620. The van der Waals surface area contributed by atoms with Crippen LogP contribution in [0.1, 0.15) is 26.4 Å². The minimum Gasteiger partial charge on any atom is -0.502 e. The van der Waals surface area contributed by atoms with Crippen molar-refractivity contribution in [3.8, 4) is 5.75 Å². The molecule has 0 saturated carbocycles. The lowest BCUT2D eigenvalue weighted by Crippen LogP contribution is -2.54. The molecule has 1 aliphatic heterocycles. The van der Waals surface area contributed by atoms with Crippen molar-refractivity contribution in [1.82, 2.24) is 9.58 Å². The van der Waals surface area contributed by atoms with Crippen molar-refractivity contribution in [2.75, 3.05) is 39.0 Å². The molecule has 2 aromatic rings. The van der Waals surface area contributed by atoms with Gasteiger partial charge in [-0.2, -0.15) is 0 Å². The molecule has 0 spiro atoms. The van der Waals surface area contributed by atoms with Crippen LogP contribution in [0.4, 0.5) is 4.39 Å². The number of nitrogens with zero attached hydrogens (tertiary/aromatic N) is 3. The molecule has 3 rings (SSSR count). The van der Waals surface area contributed by atoms with E-state index in [1.807, 2.05) is 0 Å². The number of rotatable bonds is 6. The van der Waals surface area contributed by atoms with Crippen LogP contribution in [-0.4, -0.2) is 66.0 Å². The largest absolute Gasteiger partial charge is 0.502 e. The van der Waals surface area contributed by atoms with Crippen LogP contribution >= 0.6 is 0 Å². The van der Waals surface area contributed by atoms with E-state index in [4.69, 9.17) is 9.84 Å². The third-order valence-corrected chi connectivity index (χ3v) is 4.29.